The lowest BCUT2D eigenvalue weighted by Gasteiger charge is -2.35. The Morgan fingerprint density at radius 2 is 1.65 bits per heavy atom. The summed E-state index contributed by atoms with van der Waals surface area (Å²) in [6, 6.07) is 12.4. The Balaban J connectivity index is 1.63. The molecular formula is C21H27N3O5S2. The highest BCUT2D eigenvalue weighted by atomic mass is 32.2. The van der Waals surface area contributed by atoms with Crippen molar-refractivity contribution < 1.29 is 21.6 Å². The zero-order valence-electron chi connectivity index (χ0n) is 17.8. The van der Waals surface area contributed by atoms with E-state index >= 15 is 0 Å². The zero-order valence-corrected chi connectivity index (χ0v) is 19.5. The van der Waals surface area contributed by atoms with Crippen LogP contribution in [-0.4, -0.2) is 65.2 Å². The molecule has 1 fully saturated rings. The summed E-state index contributed by atoms with van der Waals surface area (Å²) in [6.45, 7) is 5.40. The third kappa shape index (κ3) is 5.84. The third-order valence-corrected chi connectivity index (χ3v) is 8.11. The van der Waals surface area contributed by atoms with E-state index in [9.17, 15) is 21.6 Å². The molecule has 0 atom stereocenters. The van der Waals surface area contributed by atoms with Crippen LogP contribution in [-0.2, 0) is 24.7 Å². The van der Waals surface area contributed by atoms with E-state index in [1.807, 2.05) is 25.1 Å². The first-order chi connectivity index (χ1) is 14.5. The second-order valence-electron chi connectivity index (χ2n) is 7.78. The second kappa shape index (κ2) is 8.97. The summed E-state index contributed by atoms with van der Waals surface area (Å²) < 4.78 is 50.3. The van der Waals surface area contributed by atoms with Gasteiger partial charge in [-0.25, -0.2) is 16.8 Å². The minimum absolute atomic E-state index is 0.0588. The van der Waals surface area contributed by atoms with Crippen molar-refractivity contribution in [3.8, 4) is 0 Å². The number of nitrogens with zero attached hydrogens (tertiary/aromatic N) is 2. The molecule has 3 rings (SSSR count). The van der Waals surface area contributed by atoms with Crippen LogP contribution in [0.1, 0.15) is 11.1 Å². The summed E-state index contributed by atoms with van der Waals surface area (Å²) in [4.78, 5) is 14.6. The van der Waals surface area contributed by atoms with E-state index < -0.39 is 31.5 Å². The Labute approximate surface area is 183 Å². The summed E-state index contributed by atoms with van der Waals surface area (Å²) in [6.07, 6.45) is 1.07. The van der Waals surface area contributed by atoms with Gasteiger partial charge in [0.05, 0.1) is 4.90 Å². The highest BCUT2D eigenvalue weighted by Crippen LogP contribution is 2.21. The molecule has 0 unspecified atom stereocenters. The molecule has 0 aromatic heterocycles. The molecule has 1 N–H and O–H groups in total. The fourth-order valence-corrected chi connectivity index (χ4v) is 5.41. The summed E-state index contributed by atoms with van der Waals surface area (Å²) in [5.74, 6) is -1.39. The number of carbonyl (C=O) groups excluding carboxylic acids is 1. The molecule has 2 aromatic carbocycles. The van der Waals surface area contributed by atoms with Crippen LogP contribution in [0.2, 0.25) is 0 Å². The van der Waals surface area contributed by atoms with Gasteiger partial charge in [0.15, 0.2) is 9.84 Å². The first-order valence-electron chi connectivity index (χ1n) is 9.86. The number of amides is 1. The van der Waals surface area contributed by atoms with E-state index in [0.717, 1.165) is 17.5 Å². The predicted octanol–water partition coefficient (Wildman–Crippen LogP) is 1.80. The van der Waals surface area contributed by atoms with Crippen molar-refractivity contribution in [1.29, 1.82) is 0 Å². The first-order valence-corrected chi connectivity index (χ1v) is 13.4. The van der Waals surface area contributed by atoms with Crippen LogP contribution in [0.15, 0.2) is 47.4 Å². The van der Waals surface area contributed by atoms with Gasteiger partial charge >= 0.3 is 0 Å². The minimum atomic E-state index is -3.79. The lowest BCUT2D eigenvalue weighted by Crippen LogP contribution is -2.50. The van der Waals surface area contributed by atoms with Crippen molar-refractivity contribution in [2.24, 2.45) is 0 Å². The van der Waals surface area contributed by atoms with Crippen LogP contribution in [0, 0.1) is 13.8 Å². The molecule has 1 amide bonds. The molecule has 2 aromatic rings. The van der Waals surface area contributed by atoms with Gasteiger partial charge in [0.25, 0.3) is 0 Å². The molecule has 8 nitrogen and oxygen atoms in total. The highest BCUT2D eigenvalue weighted by Gasteiger charge is 2.29. The molecule has 10 heteroatoms. The van der Waals surface area contributed by atoms with E-state index in [0.29, 0.717) is 31.7 Å². The molecule has 1 aliphatic rings. The first kappa shape index (κ1) is 23.2. The van der Waals surface area contributed by atoms with E-state index in [2.05, 4.69) is 16.3 Å². The Kier molecular flexibility index (Phi) is 6.73. The van der Waals surface area contributed by atoms with Gasteiger partial charge in [-0.15, -0.1) is 0 Å². The lowest BCUT2D eigenvalue weighted by molar-refractivity contribution is -0.113. The van der Waals surface area contributed by atoms with Crippen molar-refractivity contribution in [3.63, 3.8) is 0 Å². The molecule has 1 saturated heterocycles. The zero-order chi connectivity index (χ0) is 22.8. The van der Waals surface area contributed by atoms with Crippen molar-refractivity contribution in [2.75, 3.05) is 48.4 Å². The largest absolute Gasteiger partial charge is 0.369 e. The molecule has 0 spiro atoms. The summed E-state index contributed by atoms with van der Waals surface area (Å²) in [7, 11) is -7.23. The number of benzene rings is 2. The third-order valence-electron chi connectivity index (χ3n) is 5.22. The number of aryl methyl sites for hydroxylation is 2. The van der Waals surface area contributed by atoms with Gasteiger partial charge in [-0.05, 0) is 49.2 Å². The number of nitrogens with one attached hydrogen (secondary N) is 1. The number of hydrogen-bond donors (Lipinski definition) is 1. The monoisotopic (exact) mass is 465 g/mol. The Bertz CT molecular complexity index is 1190. The normalized spacial score (nSPS) is 15.6. The molecule has 168 valence electrons. The van der Waals surface area contributed by atoms with E-state index in [1.165, 1.54) is 16.4 Å². The number of sulfonamides is 1. The topological polar surface area (TPSA) is 104 Å². The number of rotatable bonds is 6. The predicted molar refractivity (Wildman–Crippen MR) is 122 cm³/mol. The maximum absolute atomic E-state index is 12.7. The summed E-state index contributed by atoms with van der Waals surface area (Å²) in [5.41, 5.74) is 3.12. The number of anilines is 2. The van der Waals surface area contributed by atoms with E-state index in [-0.39, 0.29) is 10.6 Å². The number of piperazine rings is 1. The van der Waals surface area contributed by atoms with Gasteiger partial charge in [0.2, 0.25) is 15.9 Å². The second-order valence-corrected chi connectivity index (χ2v) is 11.8. The fraction of sp³-hybridized carbons (Fsp3) is 0.381. The Hall–Kier alpha value is -2.43. The van der Waals surface area contributed by atoms with Gasteiger partial charge < -0.3 is 10.2 Å². The quantitative estimate of drug-likeness (QED) is 0.698. The molecule has 1 aliphatic heterocycles. The SMILES string of the molecule is Cc1cccc(N2CCN(S(=O)(=O)CC(=O)Nc3cc(S(C)(=O)=O)ccc3C)CC2)c1. The number of carbonyl (C=O) groups is 1. The average Bonchev–Trinajstić information content (AvgIpc) is 2.68. The number of sulfone groups is 1. The van der Waals surface area contributed by atoms with Gasteiger partial charge in [-0.2, -0.15) is 4.31 Å². The van der Waals surface area contributed by atoms with E-state index in [4.69, 9.17) is 0 Å². The molecular weight excluding hydrogens is 438 g/mol. The standard InChI is InChI=1S/C21H27N3O5S2/c1-16-5-4-6-18(13-16)23-9-11-24(12-10-23)31(28,29)15-21(25)22-20-14-19(30(3,26)27)8-7-17(20)2/h4-8,13-14H,9-12,15H2,1-3H3,(H,22,25). The van der Waals surface area contributed by atoms with Crippen LogP contribution in [0.25, 0.3) is 0 Å². The molecule has 0 radical (unpaired) electrons. The van der Waals surface area contributed by atoms with Crippen LogP contribution in [0.3, 0.4) is 0 Å². The molecule has 0 bridgehead atoms. The summed E-state index contributed by atoms with van der Waals surface area (Å²) in [5, 5.41) is 2.54. The molecule has 0 saturated carbocycles. The van der Waals surface area contributed by atoms with Gasteiger partial charge in [0.1, 0.15) is 5.75 Å². The Morgan fingerprint density at radius 1 is 0.968 bits per heavy atom. The van der Waals surface area contributed by atoms with Gasteiger partial charge in [0, 0.05) is 43.8 Å². The van der Waals surface area contributed by atoms with Crippen molar-refractivity contribution in [2.45, 2.75) is 18.7 Å². The maximum atomic E-state index is 12.7. The lowest BCUT2D eigenvalue weighted by atomic mass is 10.2. The smallest absolute Gasteiger partial charge is 0.241 e. The molecule has 1 heterocycles. The summed E-state index contributed by atoms with van der Waals surface area (Å²) >= 11 is 0. The van der Waals surface area contributed by atoms with Crippen LogP contribution >= 0.6 is 0 Å². The van der Waals surface area contributed by atoms with Crippen LogP contribution in [0.5, 0.6) is 0 Å². The van der Waals surface area contributed by atoms with Crippen molar-refractivity contribution in [1.82, 2.24) is 4.31 Å². The van der Waals surface area contributed by atoms with Crippen LogP contribution in [0.4, 0.5) is 11.4 Å². The minimum Gasteiger partial charge on any atom is -0.369 e. The molecule has 31 heavy (non-hydrogen) atoms. The average molecular weight is 466 g/mol. The molecule has 0 aliphatic carbocycles. The van der Waals surface area contributed by atoms with E-state index in [1.54, 1.807) is 13.0 Å². The van der Waals surface area contributed by atoms with Gasteiger partial charge in [-0.1, -0.05) is 18.2 Å². The maximum Gasteiger partial charge on any atom is 0.241 e. The van der Waals surface area contributed by atoms with Crippen LogP contribution < -0.4 is 10.2 Å². The fourth-order valence-electron chi connectivity index (χ4n) is 3.46. The number of hydrogen-bond acceptors (Lipinski definition) is 6. The highest BCUT2D eigenvalue weighted by molar-refractivity contribution is 7.90. The van der Waals surface area contributed by atoms with Crippen molar-refractivity contribution >= 4 is 37.1 Å². The Morgan fingerprint density at radius 3 is 2.26 bits per heavy atom. The van der Waals surface area contributed by atoms with Crippen molar-refractivity contribution in [3.05, 3.63) is 53.6 Å². The van der Waals surface area contributed by atoms with Gasteiger partial charge in [-0.3, -0.25) is 4.79 Å².